The number of hydrogen-bond donors (Lipinski definition) is 1. The monoisotopic (exact) mass is 287 g/mol. The van der Waals surface area contributed by atoms with E-state index in [9.17, 15) is 10.1 Å². The molecule has 1 saturated heterocycles. The zero-order valence-corrected chi connectivity index (χ0v) is 11.6. The lowest BCUT2D eigenvalue weighted by atomic mass is 9.99. The SMILES string of the molecule is O=[N+]([O-])c1cccc2c(OCC3CCNCC3)nccc12. The molecule has 1 aliphatic rings. The Morgan fingerprint density at radius 2 is 2.10 bits per heavy atom. The predicted molar refractivity (Wildman–Crippen MR) is 79.5 cm³/mol. The fourth-order valence-corrected chi connectivity index (χ4v) is 2.68. The van der Waals surface area contributed by atoms with Crippen LogP contribution in [0.1, 0.15) is 12.8 Å². The molecule has 1 fully saturated rings. The first-order chi connectivity index (χ1) is 10.3. The number of non-ortho nitro benzene ring substituents is 1. The van der Waals surface area contributed by atoms with E-state index in [0.29, 0.717) is 29.2 Å². The number of pyridine rings is 1. The average molecular weight is 287 g/mol. The summed E-state index contributed by atoms with van der Waals surface area (Å²) in [5, 5.41) is 15.6. The number of benzene rings is 1. The van der Waals surface area contributed by atoms with Crippen LogP contribution in [0.25, 0.3) is 10.8 Å². The highest BCUT2D eigenvalue weighted by atomic mass is 16.6. The number of hydrogen-bond acceptors (Lipinski definition) is 5. The van der Waals surface area contributed by atoms with E-state index in [0.717, 1.165) is 25.9 Å². The van der Waals surface area contributed by atoms with Crippen LogP contribution in [-0.2, 0) is 0 Å². The van der Waals surface area contributed by atoms with Gasteiger partial charge in [0, 0.05) is 12.3 Å². The summed E-state index contributed by atoms with van der Waals surface area (Å²) in [5.41, 5.74) is 0.0848. The molecule has 0 aliphatic carbocycles. The second kappa shape index (κ2) is 6.05. The van der Waals surface area contributed by atoms with Gasteiger partial charge in [-0.2, -0.15) is 0 Å². The molecule has 0 spiro atoms. The highest BCUT2D eigenvalue weighted by Crippen LogP contribution is 2.30. The van der Waals surface area contributed by atoms with Crippen LogP contribution in [0.15, 0.2) is 30.5 Å². The van der Waals surface area contributed by atoms with Crippen LogP contribution >= 0.6 is 0 Å². The third kappa shape index (κ3) is 2.95. The Morgan fingerprint density at radius 3 is 2.86 bits per heavy atom. The standard InChI is InChI=1S/C15H17N3O3/c19-18(20)14-3-1-2-13-12(14)6-9-17-15(13)21-10-11-4-7-16-8-5-11/h1-3,6,9,11,16H,4-5,7-8,10H2. The summed E-state index contributed by atoms with van der Waals surface area (Å²) in [4.78, 5) is 14.9. The van der Waals surface area contributed by atoms with Crippen molar-refractivity contribution in [2.75, 3.05) is 19.7 Å². The molecule has 0 radical (unpaired) electrons. The largest absolute Gasteiger partial charge is 0.477 e. The smallest absolute Gasteiger partial charge is 0.277 e. The first kappa shape index (κ1) is 13.8. The van der Waals surface area contributed by atoms with Gasteiger partial charge in [-0.05, 0) is 44.0 Å². The molecule has 0 atom stereocenters. The third-order valence-corrected chi connectivity index (χ3v) is 3.86. The summed E-state index contributed by atoms with van der Waals surface area (Å²) in [5.74, 6) is 0.997. The molecule has 110 valence electrons. The second-order valence-electron chi connectivity index (χ2n) is 5.25. The first-order valence-electron chi connectivity index (χ1n) is 7.11. The molecule has 1 N–H and O–H groups in total. The highest BCUT2D eigenvalue weighted by Gasteiger charge is 2.17. The zero-order valence-electron chi connectivity index (χ0n) is 11.6. The van der Waals surface area contributed by atoms with Crippen molar-refractivity contribution in [3.8, 4) is 5.88 Å². The molecule has 21 heavy (non-hydrogen) atoms. The van der Waals surface area contributed by atoms with Gasteiger partial charge in [0.2, 0.25) is 5.88 Å². The summed E-state index contributed by atoms with van der Waals surface area (Å²) in [6.45, 7) is 2.64. The van der Waals surface area contributed by atoms with Crippen molar-refractivity contribution in [3.05, 3.63) is 40.6 Å². The number of piperidine rings is 1. The number of rotatable bonds is 4. The number of nitro benzene ring substituents is 1. The van der Waals surface area contributed by atoms with Crippen molar-refractivity contribution < 1.29 is 9.66 Å². The minimum absolute atomic E-state index is 0.0848. The number of aromatic nitrogens is 1. The number of nitro groups is 1. The van der Waals surface area contributed by atoms with Crippen LogP contribution in [0.4, 0.5) is 5.69 Å². The molecule has 0 unspecified atom stereocenters. The predicted octanol–water partition coefficient (Wildman–Crippen LogP) is 2.52. The highest BCUT2D eigenvalue weighted by molar-refractivity contribution is 5.93. The van der Waals surface area contributed by atoms with Crippen LogP contribution in [-0.4, -0.2) is 29.6 Å². The Bertz CT molecular complexity index is 654. The average Bonchev–Trinajstić information content (AvgIpc) is 2.53. The van der Waals surface area contributed by atoms with Crippen LogP contribution in [0.2, 0.25) is 0 Å². The van der Waals surface area contributed by atoms with E-state index in [1.165, 1.54) is 6.07 Å². The van der Waals surface area contributed by atoms with Crippen LogP contribution < -0.4 is 10.1 Å². The Hall–Kier alpha value is -2.21. The maximum Gasteiger partial charge on any atom is 0.277 e. The fourth-order valence-electron chi connectivity index (χ4n) is 2.68. The van der Waals surface area contributed by atoms with Crippen molar-refractivity contribution in [2.24, 2.45) is 5.92 Å². The Kier molecular flexibility index (Phi) is 3.96. The first-order valence-corrected chi connectivity index (χ1v) is 7.11. The van der Waals surface area contributed by atoms with Gasteiger partial charge in [0.25, 0.3) is 5.69 Å². The van der Waals surface area contributed by atoms with E-state index in [2.05, 4.69) is 10.3 Å². The lowest BCUT2D eigenvalue weighted by Gasteiger charge is -2.22. The number of nitrogens with one attached hydrogen (secondary N) is 1. The molecule has 3 rings (SSSR count). The molecule has 2 heterocycles. The lowest BCUT2D eigenvalue weighted by molar-refractivity contribution is -0.383. The summed E-state index contributed by atoms with van der Waals surface area (Å²) >= 11 is 0. The topological polar surface area (TPSA) is 77.3 Å². The molecule has 0 bridgehead atoms. The van der Waals surface area contributed by atoms with E-state index in [1.54, 1.807) is 18.3 Å². The van der Waals surface area contributed by atoms with Gasteiger partial charge in [-0.1, -0.05) is 6.07 Å². The van der Waals surface area contributed by atoms with E-state index >= 15 is 0 Å². The molecule has 2 aromatic rings. The van der Waals surface area contributed by atoms with Crippen LogP contribution in [0.5, 0.6) is 5.88 Å². The second-order valence-corrected chi connectivity index (χ2v) is 5.25. The van der Waals surface area contributed by atoms with Crippen LogP contribution in [0, 0.1) is 16.0 Å². The molecule has 6 nitrogen and oxygen atoms in total. The van der Waals surface area contributed by atoms with E-state index < -0.39 is 0 Å². The fraction of sp³-hybridized carbons (Fsp3) is 0.400. The number of fused-ring (bicyclic) bond motifs is 1. The summed E-state index contributed by atoms with van der Waals surface area (Å²) in [7, 11) is 0. The summed E-state index contributed by atoms with van der Waals surface area (Å²) < 4.78 is 5.83. The van der Waals surface area contributed by atoms with Gasteiger partial charge in [0.15, 0.2) is 0 Å². The zero-order chi connectivity index (χ0) is 14.7. The molecular weight excluding hydrogens is 270 g/mol. The normalized spacial score (nSPS) is 16.0. The summed E-state index contributed by atoms with van der Waals surface area (Å²) in [6.07, 6.45) is 3.74. The van der Waals surface area contributed by atoms with Crippen molar-refractivity contribution in [3.63, 3.8) is 0 Å². The molecule has 0 saturated carbocycles. The van der Waals surface area contributed by atoms with Crippen molar-refractivity contribution >= 4 is 16.5 Å². The van der Waals surface area contributed by atoms with Gasteiger partial charge in [-0.25, -0.2) is 4.98 Å². The van der Waals surface area contributed by atoms with Crippen LogP contribution in [0.3, 0.4) is 0 Å². The van der Waals surface area contributed by atoms with Crippen molar-refractivity contribution in [1.29, 1.82) is 0 Å². The van der Waals surface area contributed by atoms with Gasteiger partial charge in [-0.15, -0.1) is 0 Å². The Labute approximate surface area is 122 Å². The van der Waals surface area contributed by atoms with Gasteiger partial charge < -0.3 is 10.1 Å². The number of nitrogens with zero attached hydrogens (tertiary/aromatic N) is 2. The van der Waals surface area contributed by atoms with Gasteiger partial charge in [0.05, 0.1) is 22.3 Å². The number of ether oxygens (including phenoxy) is 1. The quantitative estimate of drug-likeness (QED) is 0.690. The minimum atomic E-state index is -0.376. The van der Waals surface area contributed by atoms with Gasteiger partial charge >= 0.3 is 0 Å². The Balaban J connectivity index is 1.85. The Morgan fingerprint density at radius 1 is 1.29 bits per heavy atom. The van der Waals surface area contributed by atoms with Gasteiger partial charge in [-0.3, -0.25) is 10.1 Å². The molecule has 0 amide bonds. The summed E-state index contributed by atoms with van der Waals surface area (Å²) in [6, 6.07) is 6.64. The molecule has 1 aromatic carbocycles. The van der Waals surface area contributed by atoms with Crippen molar-refractivity contribution in [2.45, 2.75) is 12.8 Å². The van der Waals surface area contributed by atoms with Gasteiger partial charge in [0.1, 0.15) is 0 Å². The molecule has 1 aliphatic heterocycles. The van der Waals surface area contributed by atoms with E-state index in [4.69, 9.17) is 4.74 Å². The maximum absolute atomic E-state index is 11.1. The maximum atomic E-state index is 11.1. The van der Waals surface area contributed by atoms with E-state index in [-0.39, 0.29) is 10.6 Å². The lowest BCUT2D eigenvalue weighted by Crippen LogP contribution is -2.30. The minimum Gasteiger partial charge on any atom is -0.477 e. The molecular formula is C15H17N3O3. The van der Waals surface area contributed by atoms with E-state index in [1.807, 2.05) is 6.07 Å². The third-order valence-electron chi connectivity index (χ3n) is 3.86. The molecule has 6 heteroatoms. The molecule has 1 aromatic heterocycles. The van der Waals surface area contributed by atoms with Crippen molar-refractivity contribution in [1.82, 2.24) is 10.3 Å².